The smallest absolute Gasteiger partial charge is 0.356 e. The maximum Gasteiger partial charge on any atom is 0.356 e. The SMILES string of the molecule is Cc1cc(C(C)Nc2ccc(Cl)nc2C(=O)O)c2nc(N3Cc4ccccc4C3)c(C#N)c(=O)n2c1. The first kappa shape index (κ1) is 23.3. The molecule has 0 saturated heterocycles. The van der Waals surface area contributed by atoms with Crippen molar-refractivity contribution >= 4 is 34.7 Å². The Hall–Kier alpha value is -4.42. The van der Waals surface area contributed by atoms with Gasteiger partial charge in [-0.25, -0.2) is 14.8 Å². The number of nitrogens with one attached hydrogen (secondary N) is 1. The van der Waals surface area contributed by atoms with Crippen LogP contribution in [0.1, 0.15) is 51.3 Å². The van der Waals surface area contributed by atoms with Crippen molar-refractivity contribution in [2.75, 3.05) is 10.2 Å². The monoisotopic (exact) mass is 500 g/mol. The second-order valence-electron chi connectivity index (χ2n) is 8.72. The number of pyridine rings is 2. The standard InChI is InChI=1S/C26H21ClN6O3/c1-14-9-18(15(2)29-20-7-8-21(27)30-22(20)26(35)36)24-31-23(19(10-28)25(34)33(24)11-14)32-12-16-5-3-4-6-17(16)13-32/h3-9,11,15,29H,12-13H2,1-2H3,(H,35,36). The lowest BCUT2D eigenvalue weighted by atomic mass is 10.1. The molecule has 0 aliphatic carbocycles. The van der Waals surface area contributed by atoms with Crippen molar-refractivity contribution in [2.45, 2.75) is 33.0 Å². The van der Waals surface area contributed by atoms with Gasteiger partial charge in [0.2, 0.25) is 0 Å². The zero-order valence-corrected chi connectivity index (χ0v) is 20.2. The fraction of sp³-hybridized carbons (Fsp3) is 0.192. The Kier molecular flexibility index (Phi) is 5.82. The van der Waals surface area contributed by atoms with E-state index in [-0.39, 0.29) is 22.1 Å². The number of halogens is 1. The quantitative estimate of drug-likeness (QED) is 0.388. The number of nitrogens with zero attached hydrogens (tertiary/aromatic N) is 5. The van der Waals surface area contributed by atoms with Crippen LogP contribution in [-0.2, 0) is 13.1 Å². The van der Waals surface area contributed by atoms with Crippen molar-refractivity contribution in [3.63, 3.8) is 0 Å². The summed E-state index contributed by atoms with van der Waals surface area (Å²) in [6.07, 6.45) is 1.65. The van der Waals surface area contributed by atoms with E-state index < -0.39 is 17.6 Å². The third kappa shape index (κ3) is 4.01. The number of carboxylic acids is 1. The normalized spacial score (nSPS) is 13.3. The molecule has 4 aromatic rings. The maximum absolute atomic E-state index is 13.4. The summed E-state index contributed by atoms with van der Waals surface area (Å²) < 4.78 is 1.38. The fourth-order valence-corrected chi connectivity index (χ4v) is 4.70. The Bertz CT molecular complexity index is 1620. The topological polar surface area (TPSA) is 124 Å². The molecule has 0 amide bonds. The van der Waals surface area contributed by atoms with Gasteiger partial charge in [-0.15, -0.1) is 0 Å². The molecule has 0 spiro atoms. The van der Waals surface area contributed by atoms with Crippen molar-refractivity contribution in [2.24, 2.45) is 0 Å². The Morgan fingerprint density at radius 1 is 1.19 bits per heavy atom. The number of nitriles is 1. The summed E-state index contributed by atoms with van der Waals surface area (Å²) in [5.41, 5.74) is 3.68. The number of carbonyl (C=O) groups is 1. The van der Waals surface area contributed by atoms with Crippen LogP contribution in [0.25, 0.3) is 5.65 Å². The van der Waals surface area contributed by atoms with E-state index in [2.05, 4.69) is 16.4 Å². The second kappa shape index (κ2) is 8.98. The van der Waals surface area contributed by atoms with E-state index in [1.807, 2.05) is 49.1 Å². The number of hydrogen-bond acceptors (Lipinski definition) is 7. The summed E-state index contributed by atoms with van der Waals surface area (Å²) in [6.45, 7) is 4.76. The summed E-state index contributed by atoms with van der Waals surface area (Å²) in [5, 5.41) is 22.7. The van der Waals surface area contributed by atoms with Gasteiger partial charge in [-0.05, 0) is 48.7 Å². The van der Waals surface area contributed by atoms with Crippen LogP contribution in [-0.4, -0.2) is 25.4 Å². The molecule has 4 heterocycles. The van der Waals surface area contributed by atoms with Gasteiger partial charge < -0.3 is 15.3 Å². The van der Waals surface area contributed by atoms with E-state index in [1.54, 1.807) is 12.3 Å². The van der Waals surface area contributed by atoms with E-state index >= 15 is 0 Å². The van der Waals surface area contributed by atoms with Crippen molar-refractivity contribution in [3.05, 3.63) is 97.7 Å². The van der Waals surface area contributed by atoms with Crippen LogP contribution in [0.2, 0.25) is 5.15 Å². The highest BCUT2D eigenvalue weighted by molar-refractivity contribution is 6.29. The molecule has 10 heteroatoms. The molecule has 1 unspecified atom stereocenters. The van der Waals surface area contributed by atoms with Gasteiger partial charge in [-0.3, -0.25) is 9.20 Å². The average molecular weight is 501 g/mol. The molecule has 1 atom stereocenters. The average Bonchev–Trinajstić information content (AvgIpc) is 3.29. The van der Waals surface area contributed by atoms with Crippen LogP contribution in [0.3, 0.4) is 0 Å². The maximum atomic E-state index is 13.4. The number of rotatable bonds is 5. The number of benzene rings is 1. The highest BCUT2D eigenvalue weighted by Crippen LogP contribution is 2.31. The predicted octanol–water partition coefficient (Wildman–Crippen LogP) is 4.31. The van der Waals surface area contributed by atoms with Crippen molar-refractivity contribution in [1.29, 1.82) is 5.26 Å². The molecule has 36 heavy (non-hydrogen) atoms. The molecule has 1 aromatic carbocycles. The van der Waals surface area contributed by atoms with Crippen LogP contribution < -0.4 is 15.8 Å². The molecule has 2 N–H and O–H groups in total. The van der Waals surface area contributed by atoms with Gasteiger partial charge in [0.1, 0.15) is 16.9 Å². The van der Waals surface area contributed by atoms with Gasteiger partial charge in [-0.1, -0.05) is 35.9 Å². The van der Waals surface area contributed by atoms with Gasteiger partial charge in [0.15, 0.2) is 17.1 Å². The molecular weight excluding hydrogens is 480 g/mol. The Balaban J connectivity index is 1.63. The number of aromatic carboxylic acids is 1. The molecule has 0 radical (unpaired) electrons. The molecular formula is C26H21ClN6O3. The fourth-order valence-electron chi connectivity index (χ4n) is 4.55. The first-order valence-corrected chi connectivity index (χ1v) is 11.6. The van der Waals surface area contributed by atoms with E-state index in [0.717, 1.165) is 16.7 Å². The number of carboxylic acid groups (broad SMARTS) is 1. The Morgan fingerprint density at radius 2 is 1.89 bits per heavy atom. The minimum absolute atomic E-state index is 0.0208. The summed E-state index contributed by atoms with van der Waals surface area (Å²) in [4.78, 5) is 35.8. The molecule has 1 aliphatic rings. The van der Waals surface area contributed by atoms with Crippen molar-refractivity contribution < 1.29 is 9.90 Å². The number of anilines is 2. The number of aryl methyl sites for hydroxylation is 1. The van der Waals surface area contributed by atoms with E-state index in [4.69, 9.17) is 16.6 Å². The van der Waals surface area contributed by atoms with Gasteiger partial charge in [0, 0.05) is 24.8 Å². The molecule has 180 valence electrons. The minimum atomic E-state index is -1.22. The zero-order valence-electron chi connectivity index (χ0n) is 19.5. The van der Waals surface area contributed by atoms with Gasteiger partial charge >= 0.3 is 5.97 Å². The largest absolute Gasteiger partial charge is 0.476 e. The van der Waals surface area contributed by atoms with Crippen LogP contribution in [0, 0.1) is 18.3 Å². The van der Waals surface area contributed by atoms with Crippen LogP contribution >= 0.6 is 11.6 Å². The Morgan fingerprint density at radius 3 is 2.53 bits per heavy atom. The number of aromatic nitrogens is 3. The number of hydrogen-bond donors (Lipinski definition) is 2. The Labute approximate surface area is 211 Å². The van der Waals surface area contributed by atoms with E-state index in [9.17, 15) is 20.0 Å². The van der Waals surface area contributed by atoms with E-state index in [0.29, 0.717) is 30.1 Å². The van der Waals surface area contributed by atoms with Crippen LogP contribution in [0.5, 0.6) is 0 Å². The van der Waals surface area contributed by atoms with Gasteiger partial charge in [-0.2, -0.15) is 5.26 Å². The summed E-state index contributed by atoms with van der Waals surface area (Å²) >= 11 is 5.89. The van der Waals surface area contributed by atoms with Crippen molar-refractivity contribution in [3.8, 4) is 6.07 Å². The summed E-state index contributed by atoms with van der Waals surface area (Å²) in [6, 6.07) is 14.5. The first-order chi connectivity index (χ1) is 17.3. The molecule has 3 aromatic heterocycles. The summed E-state index contributed by atoms with van der Waals surface area (Å²) in [5.74, 6) is -0.888. The minimum Gasteiger partial charge on any atom is -0.476 e. The summed E-state index contributed by atoms with van der Waals surface area (Å²) in [7, 11) is 0. The predicted molar refractivity (Wildman–Crippen MR) is 135 cm³/mol. The van der Waals surface area contributed by atoms with Gasteiger partial charge in [0.25, 0.3) is 5.56 Å². The lowest BCUT2D eigenvalue weighted by Gasteiger charge is -2.22. The third-order valence-electron chi connectivity index (χ3n) is 6.22. The lowest BCUT2D eigenvalue weighted by molar-refractivity contribution is 0.0691. The van der Waals surface area contributed by atoms with Crippen LogP contribution in [0.15, 0.2) is 53.5 Å². The van der Waals surface area contributed by atoms with Crippen molar-refractivity contribution in [1.82, 2.24) is 14.4 Å². The highest BCUT2D eigenvalue weighted by Gasteiger charge is 2.26. The van der Waals surface area contributed by atoms with E-state index in [1.165, 1.54) is 10.5 Å². The molecule has 0 fully saturated rings. The number of fused-ring (bicyclic) bond motifs is 2. The molecule has 1 aliphatic heterocycles. The first-order valence-electron chi connectivity index (χ1n) is 11.2. The zero-order chi connectivity index (χ0) is 25.6. The molecule has 0 bridgehead atoms. The van der Waals surface area contributed by atoms with Crippen LogP contribution in [0.4, 0.5) is 11.5 Å². The molecule has 9 nitrogen and oxygen atoms in total. The molecule has 0 saturated carbocycles. The van der Waals surface area contributed by atoms with Gasteiger partial charge in [0.05, 0.1) is 11.7 Å². The highest BCUT2D eigenvalue weighted by atomic mass is 35.5. The third-order valence-corrected chi connectivity index (χ3v) is 6.44. The second-order valence-corrected chi connectivity index (χ2v) is 9.11. The molecule has 5 rings (SSSR count). The lowest BCUT2D eigenvalue weighted by Crippen LogP contribution is -2.27.